The second-order valence-electron chi connectivity index (χ2n) is 7.57. The van der Waals surface area contributed by atoms with Gasteiger partial charge in [0.25, 0.3) is 0 Å². The summed E-state index contributed by atoms with van der Waals surface area (Å²) in [4.78, 5) is 6.23. The third-order valence-corrected chi connectivity index (χ3v) is 5.60. The number of H-pyrrole nitrogens is 1. The van der Waals surface area contributed by atoms with Crippen molar-refractivity contribution in [2.75, 3.05) is 0 Å². The minimum Gasteiger partial charge on any atom is -0.456 e. The highest BCUT2D eigenvalue weighted by atomic mass is 32.1. The lowest BCUT2D eigenvalue weighted by atomic mass is 9.82. The summed E-state index contributed by atoms with van der Waals surface area (Å²) in [5.41, 5.74) is -4.70. The summed E-state index contributed by atoms with van der Waals surface area (Å²) in [7, 11) is 0. The Morgan fingerprint density at radius 1 is 1.19 bits per heavy atom. The molecular weight excluding hydrogens is 498 g/mol. The Bertz CT molecular complexity index is 1490. The number of aliphatic hydroxyl groups is 1. The Morgan fingerprint density at radius 3 is 2.53 bits per heavy atom. The minimum atomic E-state index is -4.22. The summed E-state index contributed by atoms with van der Waals surface area (Å²) < 4.78 is 66.6. The molecular formula is C24H15F4N5O2S. The number of halogens is 4. The van der Waals surface area contributed by atoms with E-state index in [1.54, 1.807) is 0 Å². The van der Waals surface area contributed by atoms with Crippen molar-refractivity contribution in [1.82, 2.24) is 19.7 Å². The molecule has 0 fully saturated rings. The van der Waals surface area contributed by atoms with Crippen LogP contribution in [0, 0.1) is 27.9 Å². The van der Waals surface area contributed by atoms with Crippen LogP contribution in [0.3, 0.4) is 0 Å². The molecule has 2 atom stereocenters. The molecule has 3 aromatic rings. The van der Waals surface area contributed by atoms with E-state index < -0.39 is 41.3 Å². The molecule has 0 saturated heterocycles. The van der Waals surface area contributed by atoms with Crippen LogP contribution in [-0.2, 0) is 12.5 Å². The Labute approximate surface area is 207 Å². The topological polar surface area (TPSA) is 99.7 Å². The first-order chi connectivity index (χ1) is 17.1. The lowest BCUT2D eigenvalue weighted by Gasteiger charge is -2.37. The van der Waals surface area contributed by atoms with Crippen LogP contribution < -0.4 is 4.74 Å². The second kappa shape index (κ2) is 9.77. The van der Waals surface area contributed by atoms with Gasteiger partial charge in [0, 0.05) is 5.57 Å². The third kappa shape index (κ3) is 4.77. The number of rotatable bonds is 7. The molecule has 2 unspecified atom stereocenters. The monoisotopic (exact) mass is 513 g/mol. The highest BCUT2D eigenvalue weighted by molar-refractivity contribution is 7.71. The molecule has 36 heavy (non-hydrogen) atoms. The Morgan fingerprint density at radius 2 is 1.92 bits per heavy atom. The number of aromatic amines is 1. The number of alkyl halides is 3. The summed E-state index contributed by atoms with van der Waals surface area (Å²) >= 11 is 4.99. The van der Waals surface area contributed by atoms with Gasteiger partial charge in [-0.25, -0.2) is 9.07 Å². The average Bonchev–Trinajstić information content (AvgIpc) is 3.18. The fourth-order valence-corrected chi connectivity index (χ4v) is 3.56. The summed E-state index contributed by atoms with van der Waals surface area (Å²) in [6.07, 6.45) is 1.09. The van der Waals surface area contributed by atoms with Gasteiger partial charge in [-0.05, 0) is 60.6 Å². The lowest BCUT2D eigenvalue weighted by Crippen LogP contribution is -2.53. The van der Waals surface area contributed by atoms with E-state index in [9.17, 15) is 13.9 Å². The number of allylic oxidation sites excluding steroid dienone is 3. The van der Waals surface area contributed by atoms with Gasteiger partial charge in [-0.3, -0.25) is 4.98 Å². The van der Waals surface area contributed by atoms with E-state index in [1.807, 2.05) is 17.9 Å². The standard InChI is InChI=1S/C24H15F4N5O2S/c25-16-3-8-19(20(26)9-4-16)23(34,13-33-22(36)31-14-32-33)24(27,28)21-10-7-18(12-30-21)35-17-5-1-15(11-29)2-6-17/h1-3,5-8,10,12,14,20,34H,13H2,(H,31,32,36). The van der Waals surface area contributed by atoms with Crippen molar-refractivity contribution in [1.29, 1.82) is 5.26 Å². The van der Waals surface area contributed by atoms with Gasteiger partial charge in [-0.2, -0.15) is 23.5 Å². The Hall–Kier alpha value is -4.26. The van der Waals surface area contributed by atoms with Gasteiger partial charge in [-0.15, -0.1) is 0 Å². The molecule has 1 aliphatic rings. The second-order valence-corrected chi connectivity index (χ2v) is 7.96. The van der Waals surface area contributed by atoms with Crippen LogP contribution in [0.1, 0.15) is 11.3 Å². The maximum atomic E-state index is 15.9. The summed E-state index contributed by atoms with van der Waals surface area (Å²) in [6.45, 7) is -0.989. The third-order valence-electron chi connectivity index (χ3n) is 5.27. The van der Waals surface area contributed by atoms with Crippen LogP contribution in [0.2, 0.25) is 0 Å². The van der Waals surface area contributed by atoms with E-state index in [-0.39, 0.29) is 10.5 Å². The number of nitriles is 1. The highest BCUT2D eigenvalue weighted by Crippen LogP contribution is 2.45. The van der Waals surface area contributed by atoms with E-state index in [2.05, 4.69) is 15.1 Å². The summed E-state index contributed by atoms with van der Waals surface area (Å²) in [5.74, 6) is -1.14. The first kappa shape index (κ1) is 24.9. The van der Waals surface area contributed by atoms with Gasteiger partial charge < -0.3 is 14.8 Å². The quantitative estimate of drug-likeness (QED) is 0.271. The molecule has 1 aromatic carbocycles. The first-order valence-electron chi connectivity index (χ1n) is 10.2. The molecule has 2 N–H and O–H groups in total. The smallest absolute Gasteiger partial charge is 0.323 e. The zero-order valence-electron chi connectivity index (χ0n) is 18.1. The molecule has 2 aromatic heterocycles. The molecule has 0 aliphatic heterocycles. The van der Waals surface area contributed by atoms with Crippen LogP contribution in [0.5, 0.6) is 11.5 Å². The van der Waals surface area contributed by atoms with Crippen molar-refractivity contribution in [3.8, 4) is 29.4 Å². The number of pyridine rings is 1. The number of benzene rings is 1. The molecule has 182 valence electrons. The molecule has 12 heteroatoms. The first-order valence-corrected chi connectivity index (χ1v) is 10.6. The van der Waals surface area contributed by atoms with Gasteiger partial charge in [0.15, 0.2) is 22.4 Å². The van der Waals surface area contributed by atoms with Crippen LogP contribution in [0.4, 0.5) is 17.6 Å². The SMILES string of the molecule is N#Cc1ccc(Oc2ccc(C(F)(F)C(O)(Cn3nc[nH]c3=S)C3=CC=C(F)C#CC3F)nc2)cc1. The molecule has 0 amide bonds. The molecule has 4 rings (SSSR count). The van der Waals surface area contributed by atoms with E-state index in [0.717, 1.165) is 23.3 Å². The van der Waals surface area contributed by atoms with E-state index >= 15 is 8.78 Å². The van der Waals surface area contributed by atoms with Crippen molar-refractivity contribution < 1.29 is 27.4 Å². The number of hydrogen-bond acceptors (Lipinski definition) is 6. The molecule has 0 bridgehead atoms. The number of aromatic nitrogens is 4. The Balaban J connectivity index is 1.71. The number of nitrogens with zero attached hydrogens (tertiary/aromatic N) is 4. The maximum Gasteiger partial charge on any atom is 0.323 e. The predicted molar refractivity (Wildman–Crippen MR) is 122 cm³/mol. The van der Waals surface area contributed by atoms with Gasteiger partial charge in [0.1, 0.15) is 23.5 Å². The van der Waals surface area contributed by atoms with Gasteiger partial charge in [0.05, 0.1) is 24.4 Å². The zero-order valence-corrected chi connectivity index (χ0v) is 18.9. The number of hydrogen-bond donors (Lipinski definition) is 2. The average molecular weight is 513 g/mol. The highest BCUT2D eigenvalue weighted by Gasteiger charge is 2.59. The van der Waals surface area contributed by atoms with Crippen LogP contribution in [-0.4, -0.2) is 36.6 Å². The van der Waals surface area contributed by atoms with Gasteiger partial charge >= 0.3 is 5.92 Å². The predicted octanol–water partition coefficient (Wildman–Crippen LogP) is 4.66. The molecule has 0 spiro atoms. The molecule has 2 heterocycles. The van der Waals surface area contributed by atoms with E-state index in [0.29, 0.717) is 23.5 Å². The summed E-state index contributed by atoms with van der Waals surface area (Å²) in [5, 5.41) is 24.0. The van der Waals surface area contributed by atoms with Crippen molar-refractivity contribution in [3.05, 3.63) is 88.5 Å². The van der Waals surface area contributed by atoms with E-state index in [4.69, 9.17) is 22.2 Å². The molecule has 1 aliphatic carbocycles. The van der Waals surface area contributed by atoms with Gasteiger partial charge in [0.2, 0.25) is 0 Å². The number of nitrogens with one attached hydrogen (secondary N) is 1. The van der Waals surface area contributed by atoms with Crippen molar-refractivity contribution >= 4 is 12.2 Å². The minimum absolute atomic E-state index is 0.0882. The van der Waals surface area contributed by atoms with Crippen LogP contribution in [0.15, 0.2) is 72.5 Å². The summed E-state index contributed by atoms with van der Waals surface area (Å²) in [6, 6.07) is 10.1. The van der Waals surface area contributed by atoms with Gasteiger partial charge in [-0.1, -0.05) is 12.0 Å². The van der Waals surface area contributed by atoms with Crippen molar-refractivity contribution in [3.63, 3.8) is 0 Å². The lowest BCUT2D eigenvalue weighted by molar-refractivity contribution is -0.181. The largest absolute Gasteiger partial charge is 0.456 e. The molecule has 0 radical (unpaired) electrons. The van der Waals surface area contributed by atoms with Crippen LogP contribution in [0.25, 0.3) is 0 Å². The number of ether oxygens (including phenoxy) is 1. The fraction of sp³-hybridized carbons (Fsp3) is 0.167. The van der Waals surface area contributed by atoms with Crippen molar-refractivity contribution in [2.45, 2.75) is 24.2 Å². The molecule has 0 saturated carbocycles. The Kier molecular flexibility index (Phi) is 6.75. The maximum absolute atomic E-state index is 15.9. The van der Waals surface area contributed by atoms with Crippen LogP contribution >= 0.6 is 12.2 Å². The van der Waals surface area contributed by atoms with E-state index in [1.165, 1.54) is 30.3 Å². The van der Waals surface area contributed by atoms with Crippen molar-refractivity contribution in [2.24, 2.45) is 0 Å². The zero-order chi connectivity index (χ0) is 25.9. The normalized spacial score (nSPS) is 16.9. The fourth-order valence-electron chi connectivity index (χ4n) is 3.40. The molecule has 7 nitrogen and oxygen atoms in total.